The summed E-state index contributed by atoms with van der Waals surface area (Å²) in [7, 11) is 0. The molecule has 0 bridgehead atoms. The molecule has 0 saturated heterocycles. The smallest absolute Gasteiger partial charge is 0.295 e. The van der Waals surface area contributed by atoms with Crippen LogP contribution in [0.2, 0.25) is 0 Å². The lowest BCUT2D eigenvalue weighted by Gasteiger charge is -2.06. The van der Waals surface area contributed by atoms with Crippen LogP contribution in [0.5, 0.6) is 0 Å². The van der Waals surface area contributed by atoms with Gasteiger partial charge in [-0.15, -0.1) is 0 Å². The van der Waals surface area contributed by atoms with E-state index in [-0.39, 0.29) is 0 Å². The predicted octanol–water partition coefficient (Wildman–Crippen LogP) is 1.90. The number of aromatic amines is 1. The number of rotatable bonds is 2. The van der Waals surface area contributed by atoms with Gasteiger partial charge in [-0.05, 0) is 39.7 Å². The molecule has 1 aromatic carbocycles. The number of pyridine rings is 1. The highest BCUT2D eigenvalue weighted by Crippen LogP contribution is 2.14. The molecule has 0 aliphatic heterocycles. The van der Waals surface area contributed by atoms with Crippen LogP contribution >= 0.6 is 15.9 Å². The van der Waals surface area contributed by atoms with E-state index in [4.69, 9.17) is 0 Å². The highest BCUT2D eigenvalue weighted by atomic mass is 79.9. The van der Waals surface area contributed by atoms with Crippen molar-refractivity contribution in [3.63, 3.8) is 0 Å². The van der Waals surface area contributed by atoms with Crippen LogP contribution in [-0.4, -0.2) is 14.5 Å². The SMILES string of the molecule is O=c1[nH]c(=O)n(Cc2ccc3ncccc3c2)cc1Br. The highest BCUT2D eigenvalue weighted by Gasteiger charge is 2.04. The van der Waals surface area contributed by atoms with Gasteiger partial charge in [0.05, 0.1) is 16.5 Å². The van der Waals surface area contributed by atoms with E-state index in [2.05, 4.69) is 25.9 Å². The van der Waals surface area contributed by atoms with Gasteiger partial charge in [0.1, 0.15) is 0 Å². The molecule has 0 unspecified atom stereocenters. The zero-order valence-corrected chi connectivity index (χ0v) is 11.9. The Morgan fingerprint density at radius 2 is 2.10 bits per heavy atom. The summed E-state index contributed by atoms with van der Waals surface area (Å²) in [6, 6.07) is 9.65. The van der Waals surface area contributed by atoms with E-state index in [1.165, 1.54) is 10.8 Å². The largest absolute Gasteiger partial charge is 0.328 e. The van der Waals surface area contributed by atoms with Crippen molar-refractivity contribution < 1.29 is 0 Å². The van der Waals surface area contributed by atoms with Crippen LogP contribution in [-0.2, 0) is 6.54 Å². The molecule has 0 aliphatic carbocycles. The maximum Gasteiger partial charge on any atom is 0.328 e. The van der Waals surface area contributed by atoms with Gasteiger partial charge in [0.25, 0.3) is 5.56 Å². The van der Waals surface area contributed by atoms with Crippen molar-refractivity contribution in [2.75, 3.05) is 0 Å². The summed E-state index contributed by atoms with van der Waals surface area (Å²) in [6.45, 7) is 0.388. The summed E-state index contributed by atoms with van der Waals surface area (Å²) in [4.78, 5) is 29.5. The third-order valence-corrected chi connectivity index (χ3v) is 3.55. The fraction of sp³-hybridized carbons (Fsp3) is 0.0714. The monoisotopic (exact) mass is 331 g/mol. The van der Waals surface area contributed by atoms with Crippen molar-refractivity contribution in [2.45, 2.75) is 6.54 Å². The molecule has 0 amide bonds. The fourth-order valence-electron chi connectivity index (χ4n) is 2.02. The van der Waals surface area contributed by atoms with E-state index >= 15 is 0 Å². The third-order valence-electron chi connectivity index (χ3n) is 2.99. The van der Waals surface area contributed by atoms with Gasteiger partial charge in [-0.25, -0.2) is 4.79 Å². The number of nitrogens with one attached hydrogen (secondary N) is 1. The second kappa shape index (κ2) is 5.05. The van der Waals surface area contributed by atoms with Crippen molar-refractivity contribution in [3.8, 4) is 0 Å². The zero-order chi connectivity index (χ0) is 14.1. The first-order valence-corrected chi connectivity index (χ1v) is 6.76. The van der Waals surface area contributed by atoms with E-state index < -0.39 is 11.2 Å². The van der Waals surface area contributed by atoms with Gasteiger partial charge in [-0.3, -0.25) is 19.3 Å². The number of nitrogens with zero attached hydrogens (tertiary/aromatic N) is 2. The number of halogens is 1. The number of H-pyrrole nitrogens is 1. The molecule has 1 N–H and O–H groups in total. The van der Waals surface area contributed by atoms with Crippen LogP contribution in [0.4, 0.5) is 0 Å². The summed E-state index contributed by atoms with van der Waals surface area (Å²) in [5.74, 6) is 0. The van der Waals surface area contributed by atoms with Crippen LogP contribution in [0.15, 0.2) is 56.8 Å². The van der Waals surface area contributed by atoms with E-state index in [9.17, 15) is 9.59 Å². The molecule has 0 radical (unpaired) electrons. The number of aromatic nitrogens is 3. The van der Waals surface area contributed by atoms with Crippen LogP contribution in [0.25, 0.3) is 10.9 Å². The molecule has 2 aromatic heterocycles. The Bertz CT molecular complexity index is 899. The standard InChI is InChI=1S/C14H10BrN3O2/c15-11-8-18(14(20)17-13(11)19)7-9-3-4-12-10(6-9)2-1-5-16-12/h1-6,8H,7H2,(H,17,19,20). The predicted molar refractivity (Wildman–Crippen MR) is 79.9 cm³/mol. The minimum Gasteiger partial charge on any atom is -0.295 e. The molecule has 5 nitrogen and oxygen atoms in total. The molecular weight excluding hydrogens is 322 g/mol. The van der Waals surface area contributed by atoms with Gasteiger partial charge in [0, 0.05) is 17.8 Å². The first kappa shape index (κ1) is 12.8. The van der Waals surface area contributed by atoms with Crippen LogP contribution in [0.1, 0.15) is 5.56 Å². The highest BCUT2D eigenvalue weighted by molar-refractivity contribution is 9.10. The molecular formula is C14H10BrN3O2. The van der Waals surface area contributed by atoms with Crippen LogP contribution < -0.4 is 11.2 Å². The van der Waals surface area contributed by atoms with E-state index in [1.807, 2.05) is 30.3 Å². The van der Waals surface area contributed by atoms with Crippen molar-refractivity contribution in [2.24, 2.45) is 0 Å². The third kappa shape index (κ3) is 2.42. The second-order valence-corrected chi connectivity index (χ2v) is 5.25. The number of benzene rings is 1. The molecule has 0 spiro atoms. The average molecular weight is 332 g/mol. The number of fused-ring (bicyclic) bond motifs is 1. The summed E-state index contributed by atoms with van der Waals surface area (Å²) >= 11 is 3.12. The van der Waals surface area contributed by atoms with Crippen molar-refractivity contribution in [1.29, 1.82) is 0 Å². The van der Waals surface area contributed by atoms with E-state index in [0.717, 1.165) is 16.5 Å². The second-order valence-electron chi connectivity index (χ2n) is 4.39. The normalized spacial score (nSPS) is 10.8. The lowest BCUT2D eigenvalue weighted by Crippen LogP contribution is -2.30. The first-order valence-electron chi connectivity index (χ1n) is 5.96. The van der Waals surface area contributed by atoms with Crippen molar-refractivity contribution >= 4 is 26.8 Å². The quantitative estimate of drug-likeness (QED) is 0.779. The maximum atomic E-state index is 11.7. The summed E-state index contributed by atoms with van der Waals surface area (Å²) < 4.78 is 1.78. The van der Waals surface area contributed by atoms with Gasteiger partial charge >= 0.3 is 5.69 Å². The molecule has 6 heteroatoms. The molecule has 3 rings (SSSR count). The molecule has 0 fully saturated rings. The molecule has 2 heterocycles. The number of hydrogen-bond donors (Lipinski definition) is 1. The van der Waals surface area contributed by atoms with Crippen molar-refractivity contribution in [1.82, 2.24) is 14.5 Å². The Labute approximate surface area is 122 Å². The molecule has 3 aromatic rings. The Balaban J connectivity index is 2.03. The first-order chi connectivity index (χ1) is 9.63. The average Bonchev–Trinajstić information content (AvgIpc) is 2.44. The summed E-state index contributed by atoms with van der Waals surface area (Å²) in [6.07, 6.45) is 3.24. The molecule has 0 aliphatic rings. The topological polar surface area (TPSA) is 67.8 Å². The van der Waals surface area contributed by atoms with Gasteiger partial charge in [-0.2, -0.15) is 0 Å². The Morgan fingerprint density at radius 1 is 1.25 bits per heavy atom. The summed E-state index contributed by atoms with van der Waals surface area (Å²) in [5, 5.41) is 1.02. The maximum absolute atomic E-state index is 11.7. The summed E-state index contributed by atoms with van der Waals surface area (Å²) in [5.41, 5.74) is 1.02. The Kier molecular flexibility index (Phi) is 3.23. The molecule has 100 valence electrons. The van der Waals surface area contributed by atoms with Crippen molar-refractivity contribution in [3.05, 3.63) is 73.6 Å². The minimum atomic E-state index is -0.426. The fourth-order valence-corrected chi connectivity index (χ4v) is 2.37. The zero-order valence-electron chi connectivity index (χ0n) is 10.3. The lowest BCUT2D eigenvalue weighted by molar-refractivity contribution is 0.716. The van der Waals surface area contributed by atoms with Gasteiger partial charge in [0.15, 0.2) is 0 Å². The van der Waals surface area contributed by atoms with Gasteiger partial charge in [-0.1, -0.05) is 12.1 Å². The van der Waals surface area contributed by atoms with Gasteiger partial charge in [0.2, 0.25) is 0 Å². The lowest BCUT2D eigenvalue weighted by atomic mass is 10.1. The Morgan fingerprint density at radius 3 is 2.95 bits per heavy atom. The van der Waals surface area contributed by atoms with Gasteiger partial charge < -0.3 is 0 Å². The van der Waals surface area contributed by atoms with E-state index in [1.54, 1.807) is 6.20 Å². The van der Waals surface area contributed by atoms with E-state index in [0.29, 0.717) is 11.0 Å². The number of hydrogen-bond acceptors (Lipinski definition) is 3. The van der Waals surface area contributed by atoms with Crippen LogP contribution in [0.3, 0.4) is 0 Å². The molecule has 0 saturated carbocycles. The molecule has 0 atom stereocenters. The molecule has 20 heavy (non-hydrogen) atoms. The Hall–Kier alpha value is -2.21. The minimum absolute atomic E-state index is 0.333. The van der Waals surface area contributed by atoms with Crippen LogP contribution in [0, 0.1) is 0 Å².